The summed E-state index contributed by atoms with van der Waals surface area (Å²) in [6.07, 6.45) is 2.33. The van der Waals surface area contributed by atoms with Crippen LogP contribution in [0.5, 0.6) is 5.88 Å². The van der Waals surface area contributed by atoms with Gasteiger partial charge in [-0.25, -0.2) is 4.98 Å². The fourth-order valence-corrected chi connectivity index (χ4v) is 2.88. The maximum absolute atomic E-state index is 12.2. The zero-order valence-electron chi connectivity index (χ0n) is 11.8. The first-order valence-corrected chi connectivity index (χ1v) is 7.53. The largest absolute Gasteiger partial charge is 0.481 e. The van der Waals surface area contributed by atoms with E-state index in [1.807, 2.05) is 10.6 Å². The Morgan fingerprint density at radius 2 is 2.33 bits per heavy atom. The highest BCUT2D eigenvalue weighted by Crippen LogP contribution is 2.27. The first-order valence-electron chi connectivity index (χ1n) is 7.00. The van der Waals surface area contributed by atoms with Gasteiger partial charge in [-0.15, -0.1) is 11.6 Å². The third kappa shape index (κ3) is 2.55. The zero-order valence-corrected chi connectivity index (χ0v) is 12.6. The second kappa shape index (κ2) is 5.89. The quantitative estimate of drug-likeness (QED) is 0.872. The van der Waals surface area contributed by atoms with Crippen LogP contribution in [0.2, 0.25) is 0 Å². The number of carbonyl (C=O) groups is 1. The van der Waals surface area contributed by atoms with E-state index < -0.39 is 0 Å². The van der Waals surface area contributed by atoms with Crippen LogP contribution >= 0.6 is 11.6 Å². The number of hydrogen-bond acceptors (Lipinski definition) is 4. The predicted molar refractivity (Wildman–Crippen MR) is 79.8 cm³/mol. The van der Waals surface area contributed by atoms with Gasteiger partial charge in [-0.1, -0.05) is 0 Å². The van der Waals surface area contributed by atoms with Crippen LogP contribution < -0.4 is 10.1 Å². The van der Waals surface area contributed by atoms with Crippen LogP contribution in [0, 0.1) is 0 Å². The molecule has 1 aliphatic heterocycles. The van der Waals surface area contributed by atoms with Gasteiger partial charge in [0.25, 0.3) is 0 Å². The van der Waals surface area contributed by atoms with Crippen LogP contribution in [0.15, 0.2) is 12.1 Å². The van der Waals surface area contributed by atoms with Gasteiger partial charge in [0.15, 0.2) is 5.65 Å². The molecule has 1 fully saturated rings. The number of nitrogens with zero attached hydrogens (tertiary/aromatic N) is 3. The minimum atomic E-state index is -0.276. The Morgan fingerprint density at radius 1 is 1.48 bits per heavy atom. The molecule has 3 heterocycles. The Balaban J connectivity index is 2.15. The predicted octanol–water partition coefficient (Wildman–Crippen LogP) is 1.67. The number of fused-ring (bicyclic) bond motifs is 1. The van der Waals surface area contributed by atoms with Gasteiger partial charge in [-0.2, -0.15) is 4.98 Å². The van der Waals surface area contributed by atoms with E-state index in [2.05, 4.69) is 15.3 Å². The van der Waals surface area contributed by atoms with Crippen molar-refractivity contribution in [2.75, 3.05) is 19.5 Å². The highest BCUT2D eigenvalue weighted by molar-refractivity contribution is 6.17. The van der Waals surface area contributed by atoms with Crippen molar-refractivity contribution in [2.45, 2.75) is 25.3 Å². The third-order valence-electron chi connectivity index (χ3n) is 3.68. The molecule has 1 aliphatic rings. The summed E-state index contributed by atoms with van der Waals surface area (Å²) >= 11 is 5.87. The lowest BCUT2D eigenvalue weighted by atomic mass is 10.1. The van der Waals surface area contributed by atoms with Crippen LogP contribution in [0.3, 0.4) is 0 Å². The number of imidazole rings is 1. The van der Waals surface area contributed by atoms with Gasteiger partial charge in [-0.3, -0.25) is 9.36 Å². The summed E-state index contributed by atoms with van der Waals surface area (Å²) in [5, 5.41) is 2.90. The second-order valence-corrected chi connectivity index (χ2v) is 5.36. The fraction of sp³-hybridized carbons (Fsp3) is 0.500. The van der Waals surface area contributed by atoms with Crippen molar-refractivity contribution in [3.8, 4) is 5.88 Å². The molecule has 0 aliphatic carbocycles. The van der Waals surface area contributed by atoms with Crippen molar-refractivity contribution in [1.82, 2.24) is 19.9 Å². The Morgan fingerprint density at radius 3 is 3.05 bits per heavy atom. The maximum atomic E-state index is 12.2. The van der Waals surface area contributed by atoms with Gasteiger partial charge in [-0.05, 0) is 18.9 Å². The average Bonchev–Trinajstić information content (AvgIpc) is 2.85. The Hall–Kier alpha value is -1.82. The van der Waals surface area contributed by atoms with Crippen molar-refractivity contribution in [3.63, 3.8) is 0 Å². The maximum Gasteiger partial charge on any atom is 0.243 e. The third-order valence-corrected chi connectivity index (χ3v) is 3.87. The molecule has 0 bridgehead atoms. The highest BCUT2D eigenvalue weighted by atomic mass is 35.5. The molecule has 112 valence electrons. The molecule has 0 radical (unpaired) electrons. The molecule has 1 N–H and O–H groups in total. The molecule has 1 saturated heterocycles. The van der Waals surface area contributed by atoms with Crippen molar-refractivity contribution < 1.29 is 9.53 Å². The summed E-state index contributed by atoms with van der Waals surface area (Å²) in [5.74, 6) is 1.77. The lowest BCUT2D eigenvalue weighted by Gasteiger charge is -2.24. The summed E-state index contributed by atoms with van der Waals surface area (Å²) in [5.41, 5.74) is 1.44. The summed E-state index contributed by atoms with van der Waals surface area (Å²) in [6, 6.07) is 3.35. The van der Waals surface area contributed by atoms with E-state index in [-0.39, 0.29) is 11.9 Å². The van der Waals surface area contributed by atoms with Crippen molar-refractivity contribution in [3.05, 3.63) is 18.0 Å². The monoisotopic (exact) mass is 308 g/mol. The van der Waals surface area contributed by atoms with Crippen molar-refractivity contribution in [1.29, 1.82) is 0 Å². The van der Waals surface area contributed by atoms with Gasteiger partial charge < -0.3 is 10.1 Å². The van der Waals surface area contributed by atoms with Gasteiger partial charge in [0.1, 0.15) is 17.4 Å². The number of carbonyl (C=O) groups excluding carboxylic acids is 1. The fourth-order valence-electron chi connectivity index (χ4n) is 2.71. The minimum absolute atomic E-state index is 0.0148. The molecule has 2 aromatic heterocycles. The number of methoxy groups -OCH3 is 1. The first-order chi connectivity index (χ1) is 10.2. The molecule has 21 heavy (non-hydrogen) atoms. The Kier molecular flexibility index (Phi) is 3.96. The van der Waals surface area contributed by atoms with Crippen LogP contribution in [-0.4, -0.2) is 40.0 Å². The van der Waals surface area contributed by atoms with E-state index in [1.165, 1.54) is 0 Å². The highest BCUT2D eigenvalue weighted by Gasteiger charge is 2.28. The lowest BCUT2D eigenvalue weighted by Crippen LogP contribution is -2.38. The van der Waals surface area contributed by atoms with Gasteiger partial charge in [0, 0.05) is 24.9 Å². The van der Waals surface area contributed by atoms with E-state index in [0.717, 1.165) is 30.7 Å². The van der Waals surface area contributed by atoms with Crippen LogP contribution in [0.4, 0.5) is 0 Å². The number of hydrogen-bond donors (Lipinski definition) is 1. The molecule has 7 heteroatoms. The molecule has 1 amide bonds. The normalized spacial score (nSPS) is 18.8. The number of ether oxygens (including phenoxy) is 1. The topological polar surface area (TPSA) is 69.0 Å². The molecule has 0 spiro atoms. The summed E-state index contributed by atoms with van der Waals surface area (Å²) < 4.78 is 7.09. The number of aryl methyl sites for hydroxylation is 1. The molecule has 0 aromatic carbocycles. The van der Waals surface area contributed by atoms with E-state index in [0.29, 0.717) is 23.8 Å². The van der Waals surface area contributed by atoms with Crippen molar-refractivity contribution in [2.24, 2.45) is 0 Å². The number of pyridine rings is 1. The molecular formula is C14H17ClN4O2. The Bertz CT molecular complexity index is 670. The number of nitrogens with one attached hydrogen (secondary N) is 1. The SMILES string of the molecule is COc1ccc2nc(CCCl)n(C3CCCNC3=O)c2n1. The molecule has 2 aromatic rings. The standard InChI is InChI=1S/C14H17ClN4O2/c1-21-12-5-4-9-13(18-12)19(11(17-9)6-7-15)10-3-2-8-16-14(10)20/h4-5,10H,2-3,6-8H2,1H3,(H,16,20). The molecule has 3 rings (SSSR count). The second-order valence-electron chi connectivity index (χ2n) is 4.98. The molecule has 1 unspecified atom stereocenters. The van der Waals surface area contributed by atoms with Crippen molar-refractivity contribution >= 4 is 28.7 Å². The molecule has 6 nitrogen and oxygen atoms in total. The number of amides is 1. The number of halogens is 1. The van der Waals surface area contributed by atoms with E-state index in [9.17, 15) is 4.79 Å². The molecule has 1 atom stereocenters. The number of rotatable bonds is 4. The van der Waals surface area contributed by atoms with Gasteiger partial charge >= 0.3 is 0 Å². The smallest absolute Gasteiger partial charge is 0.243 e. The molecule has 0 saturated carbocycles. The lowest BCUT2D eigenvalue weighted by molar-refractivity contribution is -0.125. The van der Waals surface area contributed by atoms with E-state index in [4.69, 9.17) is 16.3 Å². The van der Waals surface area contributed by atoms with E-state index >= 15 is 0 Å². The average molecular weight is 309 g/mol. The number of alkyl halides is 1. The minimum Gasteiger partial charge on any atom is -0.481 e. The number of aromatic nitrogens is 3. The molecular weight excluding hydrogens is 292 g/mol. The van der Waals surface area contributed by atoms with Gasteiger partial charge in [0.05, 0.1) is 7.11 Å². The van der Waals surface area contributed by atoms with Crippen LogP contribution in [-0.2, 0) is 11.2 Å². The van der Waals surface area contributed by atoms with E-state index in [1.54, 1.807) is 13.2 Å². The van der Waals surface area contributed by atoms with Gasteiger partial charge in [0.2, 0.25) is 11.8 Å². The first kappa shape index (κ1) is 14.1. The summed E-state index contributed by atoms with van der Waals surface area (Å²) in [4.78, 5) is 21.2. The Labute approximate surface area is 127 Å². The zero-order chi connectivity index (χ0) is 14.8. The summed E-state index contributed by atoms with van der Waals surface area (Å²) in [7, 11) is 1.57. The summed E-state index contributed by atoms with van der Waals surface area (Å²) in [6.45, 7) is 0.726. The van der Waals surface area contributed by atoms with Crippen LogP contribution in [0.1, 0.15) is 24.7 Å². The number of piperidine rings is 1. The van der Waals surface area contributed by atoms with Crippen LogP contribution in [0.25, 0.3) is 11.2 Å².